The van der Waals surface area contributed by atoms with Crippen molar-refractivity contribution in [2.75, 3.05) is 26.3 Å². The Balaban J connectivity index is 1.96. The summed E-state index contributed by atoms with van der Waals surface area (Å²) in [5.74, 6) is 0.835. The van der Waals surface area contributed by atoms with Gasteiger partial charge in [-0.15, -0.1) is 0 Å². The first-order valence-electron chi connectivity index (χ1n) is 6.08. The largest absolute Gasteiger partial charge is 0.379 e. The van der Waals surface area contributed by atoms with Crippen LogP contribution in [0.1, 0.15) is 27.2 Å². The third kappa shape index (κ3) is 2.19. The van der Waals surface area contributed by atoms with Crippen LogP contribution in [0.5, 0.6) is 0 Å². The van der Waals surface area contributed by atoms with Gasteiger partial charge in [0.05, 0.1) is 13.2 Å². The van der Waals surface area contributed by atoms with E-state index in [1.807, 2.05) is 0 Å². The molecule has 2 rings (SSSR count). The minimum absolute atomic E-state index is 0.165. The zero-order valence-electron chi connectivity index (χ0n) is 10.2. The van der Waals surface area contributed by atoms with E-state index in [9.17, 15) is 0 Å². The van der Waals surface area contributed by atoms with Gasteiger partial charge >= 0.3 is 0 Å². The van der Waals surface area contributed by atoms with E-state index < -0.39 is 0 Å². The first-order chi connectivity index (χ1) is 7.01. The average Bonchev–Trinajstić information content (AvgIpc) is 2.60. The van der Waals surface area contributed by atoms with Gasteiger partial charge in [-0.05, 0) is 19.3 Å². The molecular formula is C12H24N2O. The van der Waals surface area contributed by atoms with E-state index in [0.717, 1.165) is 25.7 Å². The van der Waals surface area contributed by atoms with Crippen LogP contribution >= 0.6 is 0 Å². The van der Waals surface area contributed by atoms with E-state index >= 15 is 0 Å². The maximum Gasteiger partial charge on any atom is 0.0624 e. The van der Waals surface area contributed by atoms with E-state index in [-0.39, 0.29) is 11.5 Å². The van der Waals surface area contributed by atoms with E-state index in [1.165, 1.54) is 13.0 Å². The van der Waals surface area contributed by atoms with Gasteiger partial charge in [0, 0.05) is 30.6 Å². The molecule has 2 N–H and O–H groups in total. The van der Waals surface area contributed by atoms with Crippen LogP contribution in [0, 0.1) is 11.3 Å². The maximum absolute atomic E-state index is 6.12. The molecule has 2 heterocycles. The van der Waals surface area contributed by atoms with E-state index in [0.29, 0.717) is 6.04 Å². The fourth-order valence-electron chi connectivity index (χ4n) is 2.96. The van der Waals surface area contributed by atoms with Crippen LogP contribution in [0.3, 0.4) is 0 Å². The van der Waals surface area contributed by atoms with Crippen molar-refractivity contribution >= 4 is 0 Å². The topological polar surface area (TPSA) is 38.5 Å². The Morgan fingerprint density at radius 2 is 2.20 bits per heavy atom. The summed E-state index contributed by atoms with van der Waals surface area (Å²) < 4.78 is 5.49. The van der Waals surface area contributed by atoms with Crippen molar-refractivity contribution in [2.45, 2.75) is 39.3 Å². The number of ether oxygens (including phenoxy) is 1. The van der Waals surface area contributed by atoms with Crippen LogP contribution in [-0.4, -0.2) is 43.3 Å². The van der Waals surface area contributed by atoms with E-state index in [2.05, 4.69) is 25.7 Å². The molecule has 88 valence electrons. The summed E-state index contributed by atoms with van der Waals surface area (Å²) in [6, 6.07) is 0.922. The number of hydrogen-bond acceptors (Lipinski definition) is 3. The minimum Gasteiger partial charge on any atom is -0.379 e. The molecule has 0 aromatic rings. The normalized spacial score (nSPS) is 47.6. The van der Waals surface area contributed by atoms with Crippen LogP contribution in [0.4, 0.5) is 0 Å². The predicted molar refractivity (Wildman–Crippen MR) is 61.7 cm³/mol. The van der Waals surface area contributed by atoms with Crippen LogP contribution in [0.2, 0.25) is 0 Å². The fraction of sp³-hybridized carbons (Fsp3) is 1.00. The molecule has 0 amide bonds. The smallest absolute Gasteiger partial charge is 0.0624 e. The highest BCUT2D eigenvalue weighted by Crippen LogP contribution is 2.32. The highest BCUT2D eigenvalue weighted by molar-refractivity contribution is 4.95. The summed E-state index contributed by atoms with van der Waals surface area (Å²) in [5.41, 5.74) is 6.28. The molecule has 0 bridgehead atoms. The van der Waals surface area contributed by atoms with E-state index in [4.69, 9.17) is 10.5 Å². The molecule has 3 heteroatoms. The van der Waals surface area contributed by atoms with Crippen molar-refractivity contribution in [2.24, 2.45) is 17.1 Å². The second-order valence-corrected chi connectivity index (χ2v) is 5.89. The van der Waals surface area contributed by atoms with Crippen molar-refractivity contribution < 1.29 is 4.74 Å². The lowest BCUT2D eigenvalue weighted by Crippen LogP contribution is -2.47. The quantitative estimate of drug-likeness (QED) is 0.744. The Morgan fingerprint density at radius 3 is 2.67 bits per heavy atom. The van der Waals surface area contributed by atoms with E-state index in [1.54, 1.807) is 0 Å². The number of nitrogens with two attached hydrogens (primary N) is 1. The lowest BCUT2D eigenvalue weighted by atomic mass is 9.85. The second kappa shape index (κ2) is 4.04. The Hall–Kier alpha value is -0.120. The Morgan fingerprint density at radius 1 is 1.47 bits per heavy atom. The SMILES string of the molecule is CC1CC(C)N(CC2(C)COCC2N)C1. The third-order valence-electron chi connectivity index (χ3n) is 4.10. The molecule has 0 aliphatic carbocycles. The summed E-state index contributed by atoms with van der Waals surface area (Å²) in [4.78, 5) is 2.58. The van der Waals surface area contributed by atoms with Crippen molar-refractivity contribution in [1.82, 2.24) is 4.90 Å². The molecule has 0 aromatic carbocycles. The molecule has 4 atom stereocenters. The molecular weight excluding hydrogens is 188 g/mol. The summed E-state index contributed by atoms with van der Waals surface area (Å²) in [6.07, 6.45) is 1.33. The van der Waals surface area contributed by atoms with Gasteiger partial charge in [-0.3, -0.25) is 4.90 Å². The fourth-order valence-corrected chi connectivity index (χ4v) is 2.96. The van der Waals surface area contributed by atoms with Gasteiger partial charge in [0.2, 0.25) is 0 Å². The predicted octanol–water partition coefficient (Wildman–Crippen LogP) is 1.08. The van der Waals surface area contributed by atoms with Gasteiger partial charge in [-0.2, -0.15) is 0 Å². The maximum atomic E-state index is 6.12. The lowest BCUT2D eigenvalue weighted by Gasteiger charge is -2.34. The molecule has 2 fully saturated rings. The minimum atomic E-state index is 0.165. The number of hydrogen-bond donors (Lipinski definition) is 1. The van der Waals surface area contributed by atoms with Crippen molar-refractivity contribution in [3.63, 3.8) is 0 Å². The zero-order chi connectivity index (χ0) is 11.1. The summed E-state index contributed by atoms with van der Waals surface area (Å²) >= 11 is 0. The average molecular weight is 212 g/mol. The third-order valence-corrected chi connectivity index (χ3v) is 4.10. The second-order valence-electron chi connectivity index (χ2n) is 5.89. The van der Waals surface area contributed by atoms with Gasteiger partial charge in [-0.25, -0.2) is 0 Å². The zero-order valence-corrected chi connectivity index (χ0v) is 10.2. The van der Waals surface area contributed by atoms with Gasteiger partial charge in [0.25, 0.3) is 0 Å². The molecule has 15 heavy (non-hydrogen) atoms. The van der Waals surface area contributed by atoms with Crippen LogP contribution in [0.25, 0.3) is 0 Å². The van der Waals surface area contributed by atoms with Gasteiger partial charge in [0.15, 0.2) is 0 Å². The lowest BCUT2D eigenvalue weighted by molar-refractivity contribution is 0.115. The van der Waals surface area contributed by atoms with Crippen LogP contribution in [-0.2, 0) is 4.74 Å². The highest BCUT2D eigenvalue weighted by Gasteiger charge is 2.41. The van der Waals surface area contributed by atoms with Crippen molar-refractivity contribution in [3.05, 3.63) is 0 Å². The molecule has 4 unspecified atom stereocenters. The van der Waals surface area contributed by atoms with Crippen molar-refractivity contribution in [3.8, 4) is 0 Å². The van der Waals surface area contributed by atoms with Gasteiger partial charge < -0.3 is 10.5 Å². The van der Waals surface area contributed by atoms with Crippen LogP contribution < -0.4 is 5.73 Å². The Labute approximate surface area is 93.0 Å². The summed E-state index contributed by atoms with van der Waals surface area (Å²) in [5, 5.41) is 0. The standard InChI is InChI=1S/C12H24N2O/c1-9-4-10(2)14(5-9)7-12(3)8-15-6-11(12)13/h9-11H,4-8,13H2,1-3H3. The van der Waals surface area contributed by atoms with Crippen LogP contribution in [0.15, 0.2) is 0 Å². The Bertz CT molecular complexity index is 234. The molecule has 0 saturated carbocycles. The highest BCUT2D eigenvalue weighted by atomic mass is 16.5. The molecule has 0 spiro atoms. The monoisotopic (exact) mass is 212 g/mol. The first-order valence-corrected chi connectivity index (χ1v) is 6.08. The molecule has 2 aliphatic heterocycles. The van der Waals surface area contributed by atoms with Gasteiger partial charge in [0.1, 0.15) is 0 Å². The Kier molecular flexibility index (Phi) is 3.06. The van der Waals surface area contributed by atoms with Gasteiger partial charge in [-0.1, -0.05) is 13.8 Å². The molecule has 2 aliphatic rings. The summed E-state index contributed by atoms with van der Waals surface area (Å²) in [6.45, 7) is 10.8. The molecule has 0 aromatic heterocycles. The number of rotatable bonds is 2. The van der Waals surface area contributed by atoms with Crippen molar-refractivity contribution in [1.29, 1.82) is 0 Å². The summed E-state index contributed by atoms with van der Waals surface area (Å²) in [7, 11) is 0. The molecule has 0 radical (unpaired) electrons. The number of likely N-dealkylation sites (tertiary alicyclic amines) is 1. The number of nitrogens with zero attached hydrogens (tertiary/aromatic N) is 1. The first kappa shape index (κ1) is 11.4. The molecule has 3 nitrogen and oxygen atoms in total. The molecule has 2 saturated heterocycles.